The fourth-order valence-corrected chi connectivity index (χ4v) is 4.77. The van der Waals surface area contributed by atoms with Crippen LogP contribution in [0, 0.1) is 0 Å². The smallest absolute Gasteiger partial charge is 0.259 e. The van der Waals surface area contributed by atoms with E-state index in [9.17, 15) is 14.4 Å². The summed E-state index contributed by atoms with van der Waals surface area (Å²) in [6.07, 6.45) is 2.70. The van der Waals surface area contributed by atoms with Gasteiger partial charge in [0.2, 0.25) is 0 Å². The number of hydrogen-bond donors (Lipinski definition) is 3. The molecule has 2 heterocycles. The van der Waals surface area contributed by atoms with Crippen LogP contribution in [0.5, 0.6) is 0 Å². The number of hydrogen-bond acceptors (Lipinski definition) is 7. The van der Waals surface area contributed by atoms with Crippen molar-refractivity contribution in [3.8, 4) is 22.8 Å². The van der Waals surface area contributed by atoms with Crippen molar-refractivity contribution >= 4 is 39.7 Å². The summed E-state index contributed by atoms with van der Waals surface area (Å²) in [6.45, 7) is 24.0. The topological polar surface area (TPSA) is 158 Å². The van der Waals surface area contributed by atoms with Gasteiger partial charge in [0, 0.05) is 34.0 Å². The molecular formula is C54H70N6O3. The minimum Gasteiger partial charge on any atom is -0.398 e. The van der Waals surface area contributed by atoms with Crippen molar-refractivity contribution in [2.45, 2.75) is 83.1 Å². The minimum absolute atomic E-state index is 0.102. The molecule has 0 aliphatic carbocycles. The molecule has 8 rings (SSSR count). The molecule has 0 bridgehead atoms. The molecule has 0 spiro atoms. The number of carbonyl (C=O) groups is 2. The number of anilines is 1. The maximum atomic E-state index is 11.9. The zero-order valence-electron chi connectivity index (χ0n) is 39.5. The predicted molar refractivity (Wildman–Crippen MR) is 272 cm³/mol. The largest absolute Gasteiger partial charge is 0.398 e. The molecule has 0 saturated carbocycles. The van der Waals surface area contributed by atoms with E-state index in [0.717, 1.165) is 45.2 Å². The van der Waals surface area contributed by atoms with Crippen molar-refractivity contribution in [3.63, 3.8) is 0 Å². The number of rotatable bonds is 4. The Morgan fingerprint density at radius 2 is 0.968 bits per heavy atom. The first kappa shape index (κ1) is 57.8. The van der Waals surface area contributed by atoms with E-state index in [0.29, 0.717) is 22.5 Å². The van der Waals surface area contributed by atoms with E-state index in [4.69, 9.17) is 11.5 Å². The second-order valence-electron chi connectivity index (χ2n) is 10.9. The number of amides is 1. The van der Waals surface area contributed by atoms with E-state index in [-0.39, 0.29) is 5.56 Å². The number of nitrogens with zero attached hydrogens (tertiary/aromatic N) is 3. The highest BCUT2D eigenvalue weighted by atomic mass is 16.1. The van der Waals surface area contributed by atoms with Gasteiger partial charge >= 0.3 is 0 Å². The number of nitrogens with one attached hydrogen (secondary N) is 1. The number of fused-ring (bicyclic) bond motifs is 2. The Labute approximate surface area is 376 Å². The fraction of sp³-hybridized carbons (Fsp3) is 0.222. The number of nitrogens with two attached hydrogens (primary N) is 2. The van der Waals surface area contributed by atoms with Gasteiger partial charge in [-0.25, -0.2) is 15.0 Å². The van der Waals surface area contributed by atoms with Crippen LogP contribution in [0.25, 0.3) is 44.6 Å². The molecule has 0 unspecified atom stereocenters. The van der Waals surface area contributed by atoms with E-state index in [1.54, 1.807) is 42.5 Å². The van der Waals surface area contributed by atoms with Gasteiger partial charge in [0.1, 0.15) is 12.1 Å². The first-order valence-corrected chi connectivity index (χ1v) is 21.9. The third kappa shape index (κ3) is 21.2. The van der Waals surface area contributed by atoms with Crippen LogP contribution < -0.4 is 17.0 Å². The lowest BCUT2D eigenvalue weighted by atomic mass is 10.2. The van der Waals surface area contributed by atoms with Crippen LogP contribution in [-0.4, -0.2) is 32.1 Å². The molecule has 0 saturated heterocycles. The highest BCUT2D eigenvalue weighted by Crippen LogP contribution is 2.18. The monoisotopic (exact) mass is 851 g/mol. The number of primary amides is 1. The van der Waals surface area contributed by atoms with Crippen molar-refractivity contribution < 1.29 is 9.59 Å². The third-order valence-electron chi connectivity index (χ3n) is 7.34. The Morgan fingerprint density at radius 1 is 0.524 bits per heavy atom. The molecule has 6 aromatic carbocycles. The minimum atomic E-state index is -0.488. The summed E-state index contributed by atoms with van der Waals surface area (Å²) >= 11 is 0. The quantitative estimate of drug-likeness (QED) is 0.117. The molecule has 9 heteroatoms. The van der Waals surface area contributed by atoms with Gasteiger partial charge in [0.25, 0.3) is 11.5 Å². The lowest BCUT2D eigenvalue weighted by Crippen LogP contribution is -2.12. The van der Waals surface area contributed by atoms with E-state index >= 15 is 0 Å². The number of nitrogen functional groups attached to an aromatic ring is 1. The van der Waals surface area contributed by atoms with E-state index in [1.807, 2.05) is 211 Å². The summed E-state index contributed by atoms with van der Waals surface area (Å²) in [6, 6.07) is 50.8. The van der Waals surface area contributed by atoms with Crippen LogP contribution in [0.1, 0.15) is 104 Å². The highest BCUT2D eigenvalue weighted by Gasteiger charge is 2.05. The maximum Gasteiger partial charge on any atom is 0.259 e. The zero-order valence-corrected chi connectivity index (χ0v) is 39.5. The SMILES string of the molecule is CC.CC.CC.CC.CC.CC.NC(=O)c1ccccc1N.O=Cc1ccccc1.O=c1[nH]c(-c2ccccc2)nc2ccccc12.c1ccc(-c2ncc3ccccc3n2)cc1. The molecule has 1 amide bonds. The number of aldehydes is 1. The number of H-pyrrole nitrogens is 1. The van der Waals surface area contributed by atoms with Gasteiger partial charge in [0.05, 0.1) is 22.0 Å². The van der Waals surface area contributed by atoms with Gasteiger partial charge in [-0.3, -0.25) is 14.4 Å². The summed E-state index contributed by atoms with van der Waals surface area (Å²) in [7, 11) is 0. The number of para-hydroxylation sites is 3. The normalized spacial score (nSPS) is 8.63. The number of aromatic amines is 1. The van der Waals surface area contributed by atoms with Crippen LogP contribution >= 0.6 is 0 Å². The van der Waals surface area contributed by atoms with Crippen molar-refractivity contribution in [1.29, 1.82) is 0 Å². The third-order valence-corrected chi connectivity index (χ3v) is 7.34. The summed E-state index contributed by atoms with van der Waals surface area (Å²) < 4.78 is 0. The van der Waals surface area contributed by atoms with Gasteiger partial charge in [-0.1, -0.05) is 217 Å². The first-order valence-electron chi connectivity index (χ1n) is 21.9. The molecule has 0 aliphatic rings. The standard InChI is InChI=1S/C14H10N2O.C14H10N2.C7H8N2O.C7H6O.6C2H6/c17-14-11-8-4-5-9-12(11)15-13(16-14)10-6-2-1-3-7-10;1-2-6-11(7-3-1)14-15-10-12-8-4-5-9-13(12)16-14;8-6-4-2-1-3-5(6)7(9)10;8-6-7-4-2-1-3-5-7;6*1-2/h1-9H,(H,15,16,17);1-10H;1-4H,8H2,(H2,9,10);1-6H;6*1-2H3. The molecule has 9 nitrogen and oxygen atoms in total. The van der Waals surface area contributed by atoms with Crippen molar-refractivity contribution in [2.24, 2.45) is 5.73 Å². The molecule has 334 valence electrons. The molecule has 8 aromatic rings. The van der Waals surface area contributed by atoms with Crippen LogP contribution in [0.3, 0.4) is 0 Å². The predicted octanol–water partition coefficient (Wildman–Crippen LogP) is 13.9. The van der Waals surface area contributed by atoms with E-state index in [1.165, 1.54) is 0 Å². The van der Waals surface area contributed by atoms with Gasteiger partial charge in [-0.15, -0.1) is 0 Å². The number of carbonyl (C=O) groups excluding carboxylic acids is 2. The van der Waals surface area contributed by atoms with Crippen LogP contribution in [0.15, 0.2) is 175 Å². The Morgan fingerprint density at radius 3 is 1.46 bits per heavy atom. The van der Waals surface area contributed by atoms with Gasteiger partial charge in [-0.05, 0) is 30.3 Å². The lowest BCUT2D eigenvalue weighted by Gasteiger charge is -2.02. The summed E-state index contributed by atoms with van der Waals surface area (Å²) in [5.74, 6) is 0.895. The average Bonchev–Trinajstić information content (AvgIpc) is 3.39. The molecular weight excluding hydrogens is 781 g/mol. The lowest BCUT2D eigenvalue weighted by molar-refractivity contribution is 0.100. The maximum absolute atomic E-state index is 11.9. The summed E-state index contributed by atoms with van der Waals surface area (Å²) in [5, 5.41) is 1.69. The first-order chi connectivity index (χ1) is 30.9. The van der Waals surface area contributed by atoms with Gasteiger partial charge in [-0.2, -0.15) is 0 Å². The Hall–Kier alpha value is -7.26. The molecule has 2 aromatic heterocycles. The molecule has 0 radical (unpaired) electrons. The van der Waals surface area contributed by atoms with Crippen LogP contribution in [0.4, 0.5) is 5.69 Å². The van der Waals surface area contributed by atoms with Gasteiger partial charge in [0.15, 0.2) is 5.82 Å². The van der Waals surface area contributed by atoms with Gasteiger partial charge < -0.3 is 16.5 Å². The summed E-state index contributed by atoms with van der Waals surface area (Å²) in [4.78, 5) is 48.6. The number of benzene rings is 6. The highest BCUT2D eigenvalue weighted by molar-refractivity contribution is 5.97. The van der Waals surface area contributed by atoms with Crippen LogP contribution in [-0.2, 0) is 0 Å². The van der Waals surface area contributed by atoms with E-state index < -0.39 is 5.91 Å². The summed E-state index contributed by atoms with van der Waals surface area (Å²) in [5.41, 5.74) is 15.5. The van der Waals surface area contributed by atoms with Crippen molar-refractivity contribution in [1.82, 2.24) is 19.9 Å². The second-order valence-corrected chi connectivity index (χ2v) is 10.9. The molecule has 5 N–H and O–H groups in total. The fourth-order valence-electron chi connectivity index (χ4n) is 4.77. The van der Waals surface area contributed by atoms with Crippen molar-refractivity contribution in [3.05, 3.63) is 191 Å². The average molecular weight is 851 g/mol. The second kappa shape index (κ2) is 37.7. The molecule has 0 atom stereocenters. The van der Waals surface area contributed by atoms with Crippen LogP contribution in [0.2, 0.25) is 0 Å². The van der Waals surface area contributed by atoms with E-state index in [2.05, 4.69) is 19.9 Å². The van der Waals surface area contributed by atoms with Crippen molar-refractivity contribution in [2.75, 3.05) is 5.73 Å². The molecule has 0 fully saturated rings. The zero-order chi connectivity index (χ0) is 47.8. The Balaban J connectivity index is 0. The Bertz CT molecular complexity index is 2400. The Kier molecular flexibility index (Phi) is 34.6. The molecule has 63 heavy (non-hydrogen) atoms. The molecule has 0 aliphatic heterocycles. The number of aromatic nitrogens is 4.